The third kappa shape index (κ3) is 2.69. The fraction of sp³-hybridized carbons (Fsp3) is 0.500. The Morgan fingerprint density at radius 3 is 2.60 bits per heavy atom. The van der Waals surface area contributed by atoms with E-state index in [9.17, 15) is 9.59 Å². The molecule has 3 rings (SSSR count). The van der Waals surface area contributed by atoms with E-state index in [1.54, 1.807) is 4.90 Å². The van der Waals surface area contributed by atoms with Gasteiger partial charge in [-0.1, -0.05) is 37.3 Å². The van der Waals surface area contributed by atoms with Gasteiger partial charge in [-0.2, -0.15) is 0 Å². The summed E-state index contributed by atoms with van der Waals surface area (Å²) >= 11 is 0. The Morgan fingerprint density at radius 2 is 1.95 bits per heavy atom. The quantitative estimate of drug-likeness (QED) is 0.903. The van der Waals surface area contributed by atoms with Gasteiger partial charge < -0.3 is 10.2 Å². The van der Waals surface area contributed by atoms with Crippen molar-refractivity contribution in [3.05, 3.63) is 35.9 Å². The fourth-order valence-electron chi connectivity index (χ4n) is 2.85. The summed E-state index contributed by atoms with van der Waals surface area (Å²) in [6.07, 6.45) is 2.11. The van der Waals surface area contributed by atoms with Crippen LogP contribution >= 0.6 is 0 Å². The van der Waals surface area contributed by atoms with Crippen LogP contribution in [0, 0.1) is 5.92 Å². The van der Waals surface area contributed by atoms with E-state index in [0.29, 0.717) is 12.5 Å². The highest BCUT2D eigenvalue weighted by Crippen LogP contribution is 2.34. The highest BCUT2D eigenvalue weighted by Gasteiger charge is 2.42. The van der Waals surface area contributed by atoms with Gasteiger partial charge in [0.1, 0.15) is 6.04 Å². The lowest BCUT2D eigenvalue weighted by atomic mass is 9.99. The largest absolute Gasteiger partial charge is 0.342 e. The summed E-state index contributed by atoms with van der Waals surface area (Å²) in [4.78, 5) is 25.9. The van der Waals surface area contributed by atoms with Crippen molar-refractivity contribution in [1.29, 1.82) is 0 Å². The molecule has 4 nitrogen and oxygen atoms in total. The van der Waals surface area contributed by atoms with E-state index >= 15 is 0 Å². The Balaban J connectivity index is 1.69. The summed E-state index contributed by atoms with van der Waals surface area (Å²) in [6, 6.07) is 9.85. The minimum atomic E-state index is -0.278. The second-order valence-electron chi connectivity index (χ2n) is 5.91. The van der Waals surface area contributed by atoms with Crippen LogP contribution in [0.5, 0.6) is 0 Å². The lowest BCUT2D eigenvalue weighted by molar-refractivity contribution is -0.145. The molecular weight excluding hydrogens is 252 g/mol. The van der Waals surface area contributed by atoms with Gasteiger partial charge >= 0.3 is 0 Å². The third-order valence-corrected chi connectivity index (χ3v) is 4.18. The number of carbonyl (C=O) groups excluding carboxylic acids is 2. The Morgan fingerprint density at radius 1 is 1.25 bits per heavy atom. The molecule has 0 spiro atoms. The first-order valence-corrected chi connectivity index (χ1v) is 7.28. The number of rotatable bonds is 4. The van der Waals surface area contributed by atoms with Crippen molar-refractivity contribution >= 4 is 11.8 Å². The molecule has 0 bridgehead atoms. The van der Waals surface area contributed by atoms with Crippen molar-refractivity contribution < 1.29 is 9.59 Å². The number of carbonyl (C=O) groups is 2. The number of hydrogen-bond acceptors (Lipinski definition) is 2. The van der Waals surface area contributed by atoms with Gasteiger partial charge in [0.15, 0.2) is 0 Å². The molecule has 20 heavy (non-hydrogen) atoms. The lowest BCUT2D eigenvalue weighted by Gasteiger charge is -2.34. The van der Waals surface area contributed by atoms with E-state index in [1.165, 1.54) is 5.56 Å². The summed E-state index contributed by atoms with van der Waals surface area (Å²) in [5.74, 6) is 0.670. The van der Waals surface area contributed by atoms with Crippen LogP contribution in [0.25, 0.3) is 0 Å². The normalized spacial score (nSPS) is 24.4. The van der Waals surface area contributed by atoms with Crippen molar-refractivity contribution in [3.8, 4) is 0 Å². The van der Waals surface area contributed by atoms with Gasteiger partial charge in [0.25, 0.3) is 0 Å². The molecule has 106 valence electrons. The zero-order valence-corrected chi connectivity index (χ0v) is 11.7. The minimum Gasteiger partial charge on any atom is -0.342 e. The van der Waals surface area contributed by atoms with Crippen molar-refractivity contribution in [1.82, 2.24) is 10.2 Å². The van der Waals surface area contributed by atoms with Crippen LogP contribution in [0.2, 0.25) is 0 Å². The third-order valence-electron chi connectivity index (χ3n) is 4.18. The van der Waals surface area contributed by atoms with Gasteiger partial charge in [0, 0.05) is 6.54 Å². The topological polar surface area (TPSA) is 49.4 Å². The highest BCUT2D eigenvalue weighted by atomic mass is 16.2. The summed E-state index contributed by atoms with van der Waals surface area (Å²) in [5, 5.41) is 2.84. The maximum absolute atomic E-state index is 12.4. The SMILES string of the molecule is CC(CN1CC(=O)NC(C2CC2)C1=O)c1ccccc1. The summed E-state index contributed by atoms with van der Waals surface area (Å²) in [6.45, 7) is 2.90. The molecule has 1 aromatic rings. The molecular formula is C16H20N2O2. The van der Waals surface area contributed by atoms with Gasteiger partial charge in [-0.3, -0.25) is 9.59 Å². The van der Waals surface area contributed by atoms with E-state index in [4.69, 9.17) is 0 Å². The van der Waals surface area contributed by atoms with Crippen LogP contribution in [-0.2, 0) is 9.59 Å². The highest BCUT2D eigenvalue weighted by molar-refractivity contribution is 5.95. The molecule has 1 aliphatic heterocycles. The van der Waals surface area contributed by atoms with Crippen LogP contribution in [0.15, 0.2) is 30.3 Å². The molecule has 1 aromatic carbocycles. The lowest BCUT2D eigenvalue weighted by Crippen LogP contribution is -2.59. The molecule has 1 aliphatic carbocycles. The Kier molecular flexibility index (Phi) is 3.47. The predicted octanol–water partition coefficient (Wildman–Crippen LogP) is 1.53. The van der Waals surface area contributed by atoms with Gasteiger partial charge in [-0.15, -0.1) is 0 Å². The molecule has 0 radical (unpaired) electrons. The maximum Gasteiger partial charge on any atom is 0.245 e. The first-order valence-electron chi connectivity index (χ1n) is 7.28. The van der Waals surface area contributed by atoms with Gasteiger partial charge in [0.2, 0.25) is 11.8 Å². The second kappa shape index (κ2) is 5.27. The van der Waals surface area contributed by atoms with E-state index in [1.807, 2.05) is 18.2 Å². The molecule has 1 saturated carbocycles. The van der Waals surface area contributed by atoms with Crippen LogP contribution in [0.4, 0.5) is 0 Å². The number of nitrogens with zero attached hydrogens (tertiary/aromatic N) is 1. The molecule has 4 heteroatoms. The zero-order valence-electron chi connectivity index (χ0n) is 11.7. The Labute approximate surface area is 119 Å². The summed E-state index contributed by atoms with van der Waals surface area (Å²) < 4.78 is 0. The molecule has 0 aromatic heterocycles. The number of amides is 2. The molecule has 1 N–H and O–H groups in total. The first kappa shape index (κ1) is 13.2. The van der Waals surface area contributed by atoms with E-state index in [-0.39, 0.29) is 30.3 Å². The number of piperazine rings is 1. The number of nitrogens with one attached hydrogen (secondary N) is 1. The molecule has 2 fully saturated rings. The maximum atomic E-state index is 12.4. The zero-order chi connectivity index (χ0) is 14.1. The van der Waals surface area contributed by atoms with Crippen molar-refractivity contribution in [2.24, 2.45) is 5.92 Å². The van der Waals surface area contributed by atoms with Crippen LogP contribution in [0.3, 0.4) is 0 Å². The van der Waals surface area contributed by atoms with Crippen molar-refractivity contribution in [2.45, 2.75) is 31.7 Å². The Bertz CT molecular complexity index is 510. The molecule has 1 heterocycles. The van der Waals surface area contributed by atoms with Gasteiger partial charge in [-0.25, -0.2) is 0 Å². The summed E-state index contributed by atoms with van der Waals surface area (Å²) in [5.41, 5.74) is 1.20. The molecule has 2 unspecified atom stereocenters. The number of hydrogen-bond donors (Lipinski definition) is 1. The standard InChI is InChI=1S/C16H20N2O2/c1-11(12-5-3-2-4-6-12)9-18-10-14(19)17-15(16(18)20)13-7-8-13/h2-6,11,13,15H,7-10H2,1H3,(H,17,19). The van der Waals surface area contributed by atoms with Gasteiger partial charge in [-0.05, 0) is 30.2 Å². The average Bonchev–Trinajstić information content (AvgIpc) is 3.28. The molecule has 1 saturated heterocycles. The van der Waals surface area contributed by atoms with Crippen molar-refractivity contribution in [3.63, 3.8) is 0 Å². The van der Waals surface area contributed by atoms with E-state index in [0.717, 1.165) is 12.8 Å². The molecule has 2 aliphatic rings. The van der Waals surface area contributed by atoms with Crippen molar-refractivity contribution in [2.75, 3.05) is 13.1 Å². The summed E-state index contributed by atoms with van der Waals surface area (Å²) in [7, 11) is 0. The van der Waals surface area contributed by atoms with Crippen LogP contribution in [0.1, 0.15) is 31.2 Å². The minimum absolute atomic E-state index is 0.0261. The smallest absolute Gasteiger partial charge is 0.245 e. The monoisotopic (exact) mass is 272 g/mol. The van der Waals surface area contributed by atoms with E-state index in [2.05, 4.69) is 24.4 Å². The fourth-order valence-corrected chi connectivity index (χ4v) is 2.85. The predicted molar refractivity (Wildman–Crippen MR) is 76.1 cm³/mol. The average molecular weight is 272 g/mol. The first-order chi connectivity index (χ1) is 9.65. The molecule has 2 atom stereocenters. The van der Waals surface area contributed by atoms with E-state index < -0.39 is 0 Å². The van der Waals surface area contributed by atoms with Crippen LogP contribution in [-0.4, -0.2) is 35.8 Å². The molecule has 2 amide bonds. The van der Waals surface area contributed by atoms with Crippen LogP contribution < -0.4 is 5.32 Å². The second-order valence-corrected chi connectivity index (χ2v) is 5.91. The Hall–Kier alpha value is -1.84. The number of benzene rings is 1. The van der Waals surface area contributed by atoms with Gasteiger partial charge in [0.05, 0.1) is 6.54 Å².